The van der Waals surface area contributed by atoms with Gasteiger partial charge in [-0.3, -0.25) is 14.5 Å². The number of rotatable bonds is 8. The highest BCUT2D eigenvalue weighted by molar-refractivity contribution is 5.84. The molecule has 2 saturated carbocycles. The number of carbonyl (C=O) groups excluding carboxylic acids is 2. The number of carbonyl (C=O) groups is 2. The van der Waals surface area contributed by atoms with Crippen LogP contribution in [0.25, 0.3) is 0 Å². The Bertz CT molecular complexity index is 529. The number of ether oxygens (including phenoxy) is 1. The molecule has 0 spiro atoms. The number of likely N-dealkylation sites (tertiary alicyclic amines) is 1. The van der Waals surface area contributed by atoms with Gasteiger partial charge in [-0.25, -0.2) is 0 Å². The summed E-state index contributed by atoms with van der Waals surface area (Å²) in [4.78, 5) is 31.9. The van der Waals surface area contributed by atoms with E-state index in [1.807, 2.05) is 11.9 Å². The maximum Gasteiger partial charge on any atom is 0.227 e. The molecule has 0 aromatic heterocycles. The maximum absolute atomic E-state index is 13.1. The van der Waals surface area contributed by atoms with Gasteiger partial charge in [0.2, 0.25) is 11.8 Å². The fourth-order valence-electron chi connectivity index (χ4n) is 4.97. The third-order valence-corrected chi connectivity index (χ3v) is 6.86. The van der Waals surface area contributed by atoms with Crippen molar-refractivity contribution in [2.24, 2.45) is 17.8 Å². The Balaban J connectivity index is 1.27. The molecule has 6 nitrogen and oxygen atoms in total. The summed E-state index contributed by atoms with van der Waals surface area (Å²) >= 11 is 0. The van der Waals surface area contributed by atoms with Crippen molar-refractivity contribution >= 4 is 11.8 Å². The van der Waals surface area contributed by atoms with Gasteiger partial charge in [-0.1, -0.05) is 0 Å². The first-order valence-electron chi connectivity index (χ1n) is 11.0. The monoisotopic (exact) mass is 377 g/mol. The van der Waals surface area contributed by atoms with Crippen LogP contribution < -0.4 is 0 Å². The van der Waals surface area contributed by atoms with Crippen LogP contribution in [0, 0.1) is 17.8 Å². The van der Waals surface area contributed by atoms with Gasteiger partial charge in [0.15, 0.2) is 0 Å². The molecule has 4 aliphatic rings. The lowest BCUT2D eigenvalue weighted by Crippen LogP contribution is -2.50. The topological polar surface area (TPSA) is 53.1 Å². The smallest absolute Gasteiger partial charge is 0.227 e. The van der Waals surface area contributed by atoms with Crippen molar-refractivity contribution in [1.82, 2.24) is 14.7 Å². The minimum atomic E-state index is -0.00362. The predicted octanol–water partition coefficient (Wildman–Crippen LogP) is 1.59. The normalized spacial score (nSPS) is 27.3. The quantitative estimate of drug-likeness (QED) is 0.645. The van der Waals surface area contributed by atoms with Crippen LogP contribution in [0.15, 0.2) is 0 Å². The standard InChI is InChI=1S/C21H35N3O3/c1-22(20(16-3-4-16)17-5-6-17)21(26)18-7-8-19(25)24(15-18)10-2-9-23-11-13-27-14-12-23/h16-18,20H,2-15H2,1H3. The lowest BCUT2D eigenvalue weighted by molar-refractivity contribution is -0.144. The lowest BCUT2D eigenvalue weighted by Gasteiger charge is -2.37. The third-order valence-electron chi connectivity index (χ3n) is 6.86. The SMILES string of the molecule is CN(C(=O)C1CCC(=O)N(CCCN2CCOCC2)C1)C(C1CC1)C1CC1. The fraction of sp³-hybridized carbons (Fsp3) is 0.905. The summed E-state index contributed by atoms with van der Waals surface area (Å²) in [6, 6.07) is 0.463. The summed E-state index contributed by atoms with van der Waals surface area (Å²) in [5.74, 6) is 1.98. The third kappa shape index (κ3) is 4.83. The van der Waals surface area contributed by atoms with Crippen molar-refractivity contribution < 1.29 is 14.3 Å². The van der Waals surface area contributed by atoms with Gasteiger partial charge in [0.05, 0.1) is 19.1 Å². The Morgan fingerprint density at radius 1 is 1.11 bits per heavy atom. The molecule has 27 heavy (non-hydrogen) atoms. The molecule has 1 unspecified atom stereocenters. The number of piperidine rings is 1. The Hall–Kier alpha value is -1.14. The average Bonchev–Trinajstić information content (AvgIpc) is 3.59. The van der Waals surface area contributed by atoms with Gasteiger partial charge in [0.1, 0.15) is 0 Å². The van der Waals surface area contributed by atoms with E-state index in [0.717, 1.165) is 64.1 Å². The molecular formula is C21H35N3O3. The lowest BCUT2D eigenvalue weighted by atomic mass is 9.94. The Labute approximate surface area is 163 Å². The van der Waals surface area contributed by atoms with Crippen molar-refractivity contribution in [1.29, 1.82) is 0 Å². The average molecular weight is 378 g/mol. The van der Waals surface area contributed by atoms with Gasteiger partial charge < -0.3 is 14.5 Å². The van der Waals surface area contributed by atoms with Crippen molar-refractivity contribution in [2.75, 3.05) is 53.0 Å². The van der Waals surface area contributed by atoms with Crippen molar-refractivity contribution in [3.05, 3.63) is 0 Å². The van der Waals surface area contributed by atoms with Crippen LogP contribution in [0.2, 0.25) is 0 Å². The van der Waals surface area contributed by atoms with Crippen LogP contribution in [0.4, 0.5) is 0 Å². The van der Waals surface area contributed by atoms with E-state index < -0.39 is 0 Å². The molecule has 2 saturated heterocycles. The molecule has 2 amide bonds. The first kappa shape index (κ1) is 19.2. The highest BCUT2D eigenvalue weighted by atomic mass is 16.5. The van der Waals surface area contributed by atoms with Gasteiger partial charge in [0.25, 0.3) is 0 Å². The zero-order valence-electron chi connectivity index (χ0n) is 16.8. The summed E-state index contributed by atoms with van der Waals surface area (Å²) in [7, 11) is 2.02. The molecule has 2 aliphatic heterocycles. The van der Waals surface area contributed by atoms with E-state index in [0.29, 0.717) is 19.0 Å². The molecular weight excluding hydrogens is 342 g/mol. The van der Waals surface area contributed by atoms with Crippen LogP contribution in [-0.2, 0) is 14.3 Å². The van der Waals surface area contributed by atoms with Crippen molar-refractivity contribution in [3.8, 4) is 0 Å². The molecule has 4 rings (SSSR count). The summed E-state index contributed by atoms with van der Waals surface area (Å²) in [6.07, 6.45) is 7.38. The zero-order chi connectivity index (χ0) is 18.8. The predicted molar refractivity (Wildman–Crippen MR) is 103 cm³/mol. The summed E-state index contributed by atoms with van der Waals surface area (Å²) < 4.78 is 5.39. The molecule has 2 heterocycles. The largest absolute Gasteiger partial charge is 0.379 e. The number of hydrogen-bond acceptors (Lipinski definition) is 4. The van der Waals surface area contributed by atoms with Crippen LogP contribution >= 0.6 is 0 Å². The van der Waals surface area contributed by atoms with E-state index in [-0.39, 0.29) is 17.7 Å². The zero-order valence-corrected chi connectivity index (χ0v) is 16.8. The fourth-order valence-corrected chi connectivity index (χ4v) is 4.97. The first-order chi connectivity index (χ1) is 13.1. The van der Waals surface area contributed by atoms with E-state index in [2.05, 4.69) is 9.80 Å². The maximum atomic E-state index is 13.1. The highest BCUT2D eigenvalue weighted by Gasteiger charge is 2.46. The van der Waals surface area contributed by atoms with Gasteiger partial charge in [-0.05, 0) is 50.4 Å². The van der Waals surface area contributed by atoms with Gasteiger partial charge in [-0.15, -0.1) is 0 Å². The molecule has 0 aromatic carbocycles. The molecule has 1 atom stereocenters. The van der Waals surface area contributed by atoms with E-state index in [4.69, 9.17) is 4.74 Å². The van der Waals surface area contributed by atoms with Gasteiger partial charge in [-0.2, -0.15) is 0 Å². The Kier molecular flexibility index (Phi) is 6.02. The van der Waals surface area contributed by atoms with Crippen LogP contribution in [0.1, 0.15) is 44.9 Å². The van der Waals surface area contributed by atoms with Gasteiger partial charge >= 0.3 is 0 Å². The summed E-state index contributed by atoms with van der Waals surface area (Å²) in [6.45, 7) is 6.01. The molecule has 0 N–H and O–H groups in total. The molecule has 0 bridgehead atoms. The molecule has 2 aliphatic carbocycles. The van der Waals surface area contributed by atoms with E-state index in [9.17, 15) is 9.59 Å². The van der Waals surface area contributed by atoms with Crippen LogP contribution in [0.3, 0.4) is 0 Å². The van der Waals surface area contributed by atoms with Crippen LogP contribution in [-0.4, -0.2) is 85.5 Å². The molecule has 0 radical (unpaired) electrons. The molecule has 152 valence electrons. The molecule has 0 aromatic rings. The van der Waals surface area contributed by atoms with Crippen LogP contribution in [0.5, 0.6) is 0 Å². The van der Waals surface area contributed by atoms with E-state index in [1.54, 1.807) is 0 Å². The Morgan fingerprint density at radius 2 is 1.78 bits per heavy atom. The number of nitrogens with zero attached hydrogens (tertiary/aromatic N) is 3. The second-order valence-electron chi connectivity index (χ2n) is 9.00. The van der Waals surface area contributed by atoms with Crippen molar-refractivity contribution in [3.63, 3.8) is 0 Å². The Morgan fingerprint density at radius 3 is 2.41 bits per heavy atom. The number of hydrogen-bond donors (Lipinski definition) is 0. The molecule has 6 heteroatoms. The number of amides is 2. The second-order valence-corrected chi connectivity index (χ2v) is 9.00. The molecule has 4 fully saturated rings. The van der Waals surface area contributed by atoms with Crippen molar-refractivity contribution in [2.45, 2.75) is 51.0 Å². The first-order valence-corrected chi connectivity index (χ1v) is 11.0. The minimum absolute atomic E-state index is 0.00362. The van der Waals surface area contributed by atoms with E-state index >= 15 is 0 Å². The van der Waals surface area contributed by atoms with E-state index in [1.165, 1.54) is 25.7 Å². The highest BCUT2D eigenvalue weighted by Crippen LogP contribution is 2.47. The second kappa shape index (κ2) is 8.48. The summed E-state index contributed by atoms with van der Waals surface area (Å²) in [5, 5.41) is 0. The minimum Gasteiger partial charge on any atom is -0.379 e. The van der Waals surface area contributed by atoms with Gasteiger partial charge in [0, 0.05) is 52.2 Å². The number of morpholine rings is 1. The summed E-state index contributed by atoms with van der Waals surface area (Å²) in [5.41, 5.74) is 0.